The summed E-state index contributed by atoms with van der Waals surface area (Å²) in [5.41, 5.74) is 0. The Balaban J connectivity index is 2.38. The highest BCUT2D eigenvalue weighted by Gasteiger charge is 2.07. The minimum atomic E-state index is 0.458. The molecule has 0 atom stereocenters. The fourth-order valence-corrected chi connectivity index (χ4v) is 1.89. The smallest absolute Gasteiger partial charge is 0.213 e. The van der Waals surface area contributed by atoms with Crippen molar-refractivity contribution in [3.63, 3.8) is 0 Å². The maximum atomic E-state index is 4.87. The van der Waals surface area contributed by atoms with E-state index in [-0.39, 0.29) is 0 Å². The van der Waals surface area contributed by atoms with E-state index in [9.17, 15) is 0 Å². The van der Waals surface area contributed by atoms with Crippen molar-refractivity contribution in [1.82, 2.24) is 20.2 Å². The van der Waals surface area contributed by atoms with E-state index in [0.29, 0.717) is 4.77 Å². The number of anilines is 1. The molecule has 0 radical (unpaired) electrons. The van der Waals surface area contributed by atoms with E-state index in [1.165, 1.54) is 0 Å². The summed E-state index contributed by atoms with van der Waals surface area (Å²) >= 11 is 6.43. The van der Waals surface area contributed by atoms with Gasteiger partial charge in [0, 0.05) is 14.1 Å². The van der Waals surface area contributed by atoms with Crippen molar-refractivity contribution in [2.75, 3.05) is 19.0 Å². The van der Waals surface area contributed by atoms with Gasteiger partial charge in [-0.25, -0.2) is 4.98 Å². The van der Waals surface area contributed by atoms with Crippen molar-refractivity contribution in [3.8, 4) is 10.7 Å². The molecule has 0 aromatic carbocycles. The zero-order valence-electron chi connectivity index (χ0n) is 7.74. The number of nitrogens with one attached hydrogen (secondary N) is 2. The number of aromatic amines is 2. The molecule has 0 saturated carbocycles. The SMILES string of the molecule is CN(C)c1ncc(-c2nc(=S)[nH][nH]2)s1. The first-order chi connectivity index (χ1) is 6.66. The molecule has 0 bridgehead atoms. The lowest BCUT2D eigenvalue weighted by atomic mass is 10.5. The van der Waals surface area contributed by atoms with Crippen LogP contribution in [0.25, 0.3) is 10.7 Å². The second-order valence-electron chi connectivity index (χ2n) is 2.92. The largest absolute Gasteiger partial charge is 0.354 e. The highest BCUT2D eigenvalue weighted by Crippen LogP contribution is 2.27. The molecular weight excluding hydrogens is 218 g/mol. The van der Waals surface area contributed by atoms with Crippen LogP contribution in [0.4, 0.5) is 5.13 Å². The Labute approximate surface area is 89.8 Å². The van der Waals surface area contributed by atoms with Gasteiger partial charge in [-0.2, -0.15) is 4.98 Å². The van der Waals surface area contributed by atoms with Crippen LogP contribution in [0.15, 0.2) is 6.20 Å². The van der Waals surface area contributed by atoms with Gasteiger partial charge < -0.3 is 4.90 Å². The first-order valence-corrected chi connectivity index (χ1v) is 5.17. The van der Waals surface area contributed by atoms with Crippen LogP contribution in [-0.4, -0.2) is 34.3 Å². The maximum Gasteiger partial charge on any atom is 0.213 e. The van der Waals surface area contributed by atoms with Crippen LogP contribution >= 0.6 is 23.6 Å². The fourth-order valence-electron chi connectivity index (χ4n) is 0.968. The first-order valence-electron chi connectivity index (χ1n) is 3.95. The second kappa shape index (κ2) is 3.50. The summed E-state index contributed by atoms with van der Waals surface area (Å²) in [6.07, 6.45) is 1.78. The molecular formula is C7H9N5S2. The zero-order chi connectivity index (χ0) is 10.1. The van der Waals surface area contributed by atoms with Crippen LogP contribution in [0.2, 0.25) is 0 Å². The van der Waals surface area contributed by atoms with Gasteiger partial charge in [0.15, 0.2) is 11.0 Å². The lowest BCUT2D eigenvalue weighted by Gasteiger charge is -2.04. The molecule has 5 nitrogen and oxygen atoms in total. The molecule has 2 aromatic heterocycles. The molecule has 0 aliphatic heterocycles. The highest BCUT2D eigenvalue weighted by atomic mass is 32.1. The molecule has 0 aliphatic rings. The Morgan fingerprint density at radius 2 is 2.21 bits per heavy atom. The number of nitrogens with zero attached hydrogens (tertiary/aromatic N) is 3. The number of rotatable bonds is 2. The summed E-state index contributed by atoms with van der Waals surface area (Å²) in [7, 11) is 3.91. The molecule has 0 unspecified atom stereocenters. The summed E-state index contributed by atoms with van der Waals surface area (Å²) in [5, 5.41) is 6.58. The van der Waals surface area contributed by atoms with Crippen LogP contribution in [0, 0.1) is 4.77 Å². The molecule has 0 saturated heterocycles. The third-order valence-electron chi connectivity index (χ3n) is 1.61. The molecule has 7 heteroatoms. The van der Waals surface area contributed by atoms with Crippen molar-refractivity contribution in [3.05, 3.63) is 11.0 Å². The number of thiazole rings is 1. The Morgan fingerprint density at radius 1 is 1.43 bits per heavy atom. The average Bonchev–Trinajstić information content (AvgIpc) is 2.70. The minimum Gasteiger partial charge on any atom is -0.354 e. The molecule has 2 N–H and O–H groups in total. The predicted molar refractivity (Wildman–Crippen MR) is 59.2 cm³/mol. The van der Waals surface area contributed by atoms with Crippen molar-refractivity contribution < 1.29 is 0 Å². The van der Waals surface area contributed by atoms with E-state index in [0.717, 1.165) is 15.8 Å². The van der Waals surface area contributed by atoms with Crippen molar-refractivity contribution in [2.45, 2.75) is 0 Å². The summed E-state index contributed by atoms with van der Waals surface area (Å²) in [5.74, 6) is 0.737. The van der Waals surface area contributed by atoms with Gasteiger partial charge in [0.2, 0.25) is 4.77 Å². The molecule has 0 aliphatic carbocycles. The molecule has 0 fully saturated rings. The number of hydrogen-bond donors (Lipinski definition) is 2. The standard InChI is InChI=1S/C7H9N5S2/c1-12(2)7-8-3-4(14-7)5-9-6(13)11-10-5/h3H,1-2H3,(H2,9,10,11,13). The molecule has 2 heterocycles. The number of aromatic nitrogens is 4. The van der Waals surface area contributed by atoms with Crippen LogP contribution in [-0.2, 0) is 0 Å². The van der Waals surface area contributed by atoms with Crippen LogP contribution in [0.1, 0.15) is 0 Å². The quantitative estimate of drug-likeness (QED) is 0.766. The van der Waals surface area contributed by atoms with Crippen molar-refractivity contribution in [2.24, 2.45) is 0 Å². The van der Waals surface area contributed by atoms with Crippen LogP contribution in [0.5, 0.6) is 0 Å². The molecule has 2 rings (SSSR count). The summed E-state index contributed by atoms with van der Waals surface area (Å²) in [6, 6.07) is 0. The molecule has 0 amide bonds. The third-order valence-corrected chi connectivity index (χ3v) is 2.98. The van der Waals surface area contributed by atoms with E-state index >= 15 is 0 Å². The second-order valence-corrected chi connectivity index (χ2v) is 4.31. The Bertz CT molecular complexity index is 480. The third kappa shape index (κ3) is 1.68. The van der Waals surface area contributed by atoms with Gasteiger partial charge in [-0.05, 0) is 12.2 Å². The van der Waals surface area contributed by atoms with E-state index in [2.05, 4.69) is 20.2 Å². The molecule has 14 heavy (non-hydrogen) atoms. The van der Waals surface area contributed by atoms with Crippen molar-refractivity contribution in [1.29, 1.82) is 0 Å². The Kier molecular flexibility index (Phi) is 2.34. The summed E-state index contributed by atoms with van der Waals surface area (Å²) in [6.45, 7) is 0. The van der Waals surface area contributed by atoms with E-state index in [1.54, 1.807) is 17.5 Å². The van der Waals surface area contributed by atoms with E-state index < -0.39 is 0 Å². The predicted octanol–water partition coefficient (Wildman–Crippen LogP) is 1.66. The van der Waals surface area contributed by atoms with Gasteiger partial charge in [0.05, 0.1) is 11.1 Å². The van der Waals surface area contributed by atoms with Crippen LogP contribution in [0.3, 0.4) is 0 Å². The highest BCUT2D eigenvalue weighted by molar-refractivity contribution is 7.71. The van der Waals surface area contributed by atoms with Gasteiger partial charge in [-0.15, -0.1) is 0 Å². The lowest BCUT2D eigenvalue weighted by Crippen LogP contribution is -2.07. The number of hydrogen-bond acceptors (Lipinski definition) is 5. The molecule has 0 spiro atoms. The zero-order valence-corrected chi connectivity index (χ0v) is 9.37. The first kappa shape index (κ1) is 9.35. The minimum absolute atomic E-state index is 0.458. The lowest BCUT2D eigenvalue weighted by molar-refractivity contribution is 1.08. The normalized spacial score (nSPS) is 10.4. The average molecular weight is 227 g/mol. The number of H-pyrrole nitrogens is 2. The van der Waals surface area contributed by atoms with Gasteiger partial charge in [0.25, 0.3) is 0 Å². The molecule has 2 aromatic rings. The molecule has 74 valence electrons. The van der Waals surface area contributed by atoms with Crippen molar-refractivity contribution >= 4 is 28.7 Å². The van der Waals surface area contributed by atoms with Gasteiger partial charge >= 0.3 is 0 Å². The topological polar surface area (TPSA) is 60.6 Å². The Hall–Kier alpha value is -1.21. The maximum absolute atomic E-state index is 4.87. The monoisotopic (exact) mass is 227 g/mol. The van der Waals surface area contributed by atoms with E-state index in [1.807, 2.05) is 19.0 Å². The fraction of sp³-hybridized carbons (Fsp3) is 0.286. The Morgan fingerprint density at radius 3 is 2.71 bits per heavy atom. The summed E-state index contributed by atoms with van der Waals surface area (Å²) in [4.78, 5) is 11.3. The van der Waals surface area contributed by atoms with Crippen LogP contribution < -0.4 is 4.90 Å². The van der Waals surface area contributed by atoms with E-state index in [4.69, 9.17) is 12.2 Å². The van der Waals surface area contributed by atoms with Gasteiger partial charge in [-0.3, -0.25) is 10.2 Å². The van der Waals surface area contributed by atoms with Gasteiger partial charge in [-0.1, -0.05) is 11.3 Å². The van der Waals surface area contributed by atoms with Gasteiger partial charge in [0.1, 0.15) is 0 Å². The summed E-state index contributed by atoms with van der Waals surface area (Å²) < 4.78 is 0.458.